The number of pyridine rings is 1. The van der Waals surface area contributed by atoms with Gasteiger partial charge in [0.05, 0.1) is 0 Å². The molecule has 0 aromatic carbocycles. The highest BCUT2D eigenvalue weighted by Crippen LogP contribution is 2.29. The van der Waals surface area contributed by atoms with Crippen LogP contribution in [0.5, 0.6) is 0 Å². The second-order valence-electron chi connectivity index (χ2n) is 6.64. The van der Waals surface area contributed by atoms with E-state index in [0.717, 1.165) is 0 Å². The van der Waals surface area contributed by atoms with Gasteiger partial charge in [-0.1, -0.05) is 0 Å². The van der Waals surface area contributed by atoms with Gasteiger partial charge < -0.3 is 10.5 Å². The van der Waals surface area contributed by atoms with E-state index >= 15 is 0 Å². The molecule has 0 unspecified atom stereocenters. The van der Waals surface area contributed by atoms with Gasteiger partial charge in [-0.3, -0.25) is 4.79 Å². The summed E-state index contributed by atoms with van der Waals surface area (Å²) < 4.78 is 32.2. The molecular formula is C15H23N3O4S. The first-order valence-electron chi connectivity index (χ1n) is 7.50. The first-order valence-corrected chi connectivity index (χ1v) is 8.94. The summed E-state index contributed by atoms with van der Waals surface area (Å²) in [7, 11) is -3.89. The molecule has 23 heavy (non-hydrogen) atoms. The normalized spacial score (nSPS) is 19.7. The van der Waals surface area contributed by atoms with E-state index in [9.17, 15) is 13.2 Å². The Bertz CT molecular complexity index is 710. The highest BCUT2D eigenvalue weighted by atomic mass is 32.2. The van der Waals surface area contributed by atoms with Gasteiger partial charge in [-0.05, 0) is 52.7 Å². The van der Waals surface area contributed by atoms with Crippen LogP contribution in [-0.2, 0) is 19.6 Å². The Kier molecular flexibility index (Phi) is 4.68. The van der Waals surface area contributed by atoms with Crippen molar-refractivity contribution in [2.24, 2.45) is 0 Å². The third kappa shape index (κ3) is 3.81. The number of anilines is 1. The van der Waals surface area contributed by atoms with Gasteiger partial charge in [-0.2, -0.15) is 4.31 Å². The lowest BCUT2D eigenvalue weighted by Gasteiger charge is -2.27. The number of carbonyl (C=O) groups is 1. The van der Waals surface area contributed by atoms with Crippen LogP contribution in [0.25, 0.3) is 0 Å². The molecule has 2 rings (SSSR count). The topological polar surface area (TPSA) is 103 Å². The summed E-state index contributed by atoms with van der Waals surface area (Å²) in [6.45, 7) is 7.24. The van der Waals surface area contributed by atoms with Crippen molar-refractivity contribution in [3.05, 3.63) is 17.8 Å². The summed E-state index contributed by atoms with van der Waals surface area (Å²) in [6.07, 6.45) is 1.04. The van der Waals surface area contributed by atoms with Crippen molar-refractivity contribution in [2.45, 2.75) is 57.1 Å². The number of ether oxygens (including phenoxy) is 1. The Morgan fingerprint density at radius 1 is 1.39 bits per heavy atom. The molecule has 1 aromatic rings. The Balaban J connectivity index is 2.33. The second-order valence-corrected chi connectivity index (χ2v) is 8.50. The van der Waals surface area contributed by atoms with Gasteiger partial charge in [-0.25, -0.2) is 13.4 Å². The van der Waals surface area contributed by atoms with Crippen molar-refractivity contribution in [1.82, 2.24) is 9.29 Å². The third-order valence-corrected chi connectivity index (χ3v) is 5.45. The van der Waals surface area contributed by atoms with Crippen LogP contribution in [0.3, 0.4) is 0 Å². The van der Waals surface area contributed by atoms with E-state index in [2.05, 4.69) is 4.98 Å². The molecule has 8 heteroatoms. The fraction of sp³-hybridized carbons (Fsp3) is 0.600. The van der Waals surface area contributed by atoms with Crippen LogP contribution in [0.1, 0.15) is 39.3 Å². The number of esters is 1. The average molecular weight is 341 g/mol. The van der Waals surface area contributed by atoms with Gasteiger partial charge in [0, 0.05) is 12.2 Å². The molecule has 128 valence electrons. The van der Waals surface area contributed by atoms with Gasteiger partial charge in [0.2, 0.25) is 10.0 Å². The molecule has 1 atom stereocenters. The van der Waals surface area contributed by atoms with Crippen molar-refractivity contribution in [3.8, 4) is 0 Å². The van der Waals surface area contributed by atoms with Crippen molar-refractivity contribution in [2.75, 3.05) is 12.3 Å². The third-order valence-electron chi connectivity index (χ3n) is 3.49. The van der Waals surface area contributed by atoms with Gasteiger partial charge in [-0.15, -0.1) is 0 Å². The standard InChI is InChI=1S/C15H23N3O4S/c1-10-7-8-12(13(16)17-10)23(20,21)18-9-5-6-11(18)14(19)22-15(2,3)4/h7-8,11H,5-6,9H2,1-4H3,(H2,16,17)/t11-/m0/s1. The van der Waals surface area contributed by atoms with Crippen LogP contribution in [0.4, 0.5) is 5.82 Å². The summed E-state index contributed by atoms with van der Waals surface area (Å²) in [5.74, 6) is -0.586. The lowest BCUT2D eigenvalue weighted by molar-refractivity contribution is -0.158. The van der Waals surface area contributed by atoms with E-state index in [1.165, 1.54) is 10.4 Å². The van der Waals surface area contributed by atoms with E-state index in [0.29, 0.717) is 18.5 Å². The van der Waals surface area contributed by atoms with Gasteiger partial charge >= 0.3 is 5.97 Å². The summed E-state index contributed by atoms with van der Waals surface area (Å²) in [5.41, 5.74) is 5.73. The number of rotatable bonds is 3. The molecule has 0 spiro atoms. The summed E-state index contributed by atoms with van der Waals surface area (Å²) in [5, 5.41) is 0. The number of nitrogens with two attached hydrogens (primary N) is 1. The molecule has 2 N–H and O–H groups in total. The van der Waals surface area contributed by atoms with Crippen molar-refractivity contribution >= 4 is 21.8 Å². The Hall–Kier alpha value is -1.67. The number of hydrogen-bond donors (Lipinski definition) is 1. The Labute approximate surface area is 136 Å². The number of aryl methyl sites for hydroxylation is 1. The molecule has 1 saturated heterocycles. The molecule has 0 radical (unpaired) electrons. The molecule has 1 aliphatic heterocycles. The van der Waals surface area contributed by atoms with E-state index in [-0.39, 0.29) is 17.3 Å². The van der Waals surface area contributed by atoms with Crippen LogP contribution >= 0.6 is 0 Å². The molecule has 2 heterocycles. The first-order chi connectivity index (χ1) is 10.5. The van der Waals surface area contributed by atoms with Crippen LogP contribution < -0.4 is 5.73 Å². The summed E-state index contributed by atoms with van der Waals surface area (Å²) in [6, 6.07) is 2.19. The molecule has 7 nitrogen and oxygen atoms in total. The van der Waals surface area contributed by atoms with E-state index in [1.54, 1.807) is 33.8 Å². The highest BCUT2D eigenvalue weighted by Gasteiger charge is 2.42. The smallest absolute Gasteiger partial charge is 0.324 e. The Morgan fingerprint density at radius 3 is 2.61 bits per heavy atom. The lowest BCUT2D eigenvalue weighted by Crippen LogP contribution is -2.43. The molecule has 0 amide bonds. The number of aromatic nitrogens is 1. The van der Waals surface area contributed by atoms with Gasteiger partial charge in [0.1, 0.15) is 22.4 Å². The molecule has 1 fully saturated rings. The van der Waals surface area contributed by atoms with Gasteiger partial charge in [0.25, 0.3) is 0 Å². The zero-order valence-electron chi connectivity index (χ0n) is 13.9. The molecular weight excluding hydrogens is 318 g/mol. The van der Waals surface area contributed by atoms with Crippen LogP contribution in [0, 0.1) is 6.92 Å². The fourth-order valence-corrected chi connectivity index (χ4v) is 4.24. The molecule has 0 aliphatic carbocycles. The Morgan fingerprint density at radius 2 is 2.04 bits per heavy atom. The minimum atomic E-state index is -3.89. The predicted molar refractivity (Wildman–Crippen MR) is 86.1 cm³/mol. The lowest BCUT2D eigenvalue weighted by atomic mass is 10.2. The maximum absolute atomic E-state index is 12.8. The van der Waals surface area contributed by atoms with Gasteiger partial charge in [0.15, 0.2) is 0 Å². The molecule has 0 saturated carbocycles. The SMILES string of the molecule is Cc1ccc(S(=O)(=O)N2CCC[C@H]2C(=O)OC(C)(C)C)c(N)n1. The zero-order chi connectivity index (χ0) is 17.4. The molecule has 0 bridgehead atoms. The zero-order valence-corrected chi connectivity index (χ0v) is 14.7. The number of nitrogen functional groups attached to an aromatic ring is 1. The minimum absolute atomic E-state index is 0.0557. The first kappa shape index (κ1) is 17.7. The number of carbonyl (C=O) groups excluding carboxylic acids is 1. The van der Waals surface area contributed by atoms with Crippen molar-refractivity contribution < 1.29 is 17.9 Å². The maximum atomic E-state index is 12.8. The predicted octanol–water partition coefficient (Wildman–Crippen LogP) is 1.47. The quantitative estimate of drug-likeness (QED) is 0.835. The number of nitrogens with zero attached hydrogens (tertiary/aromatic N) is 2. The second kappa shape index (κ2) is 6.09. The van der Waals surface area contributed by atoms with Crippen LogP contribution in [-0.4, -0.2) is 41.9 Å². The largest absolute Gasteiger partial charge is 0.459 e. The maximum Gasteiger partial charge on any atom is 0.324 e. The van der Waals surface area contributed by atoms with Crippen LogP contribution in [0.2, 0.25) is 0 Å². The highest BCUT2D eigenvalue weighted by molar-refractivity contribution is 7.89. The summed E-state index contributed by atoms with van der Waals surface area (Å²) >= 11 is 0. The van der Waals surface area contributed by atoms with E-state index in [1.807, 2.05) is 0 Å². The summed E-state index contributed by atoms with van der Waals surface area (Å²) in [4.78, 5) is 16.2. The van der Waals surface area contributed by atoms with Crippen LogP contribution in [0.15, 0.2) is 17.0 Å². The monoisotopic (exact) mass is 341 g/mol. The minimum Gasteiger partial charge on any atom is -0.459 e. The number of sulfonamides is 1. The molecule has 1 aromatic heterocycles. The van der Waals surface area contributed by atoms with E-state index < -0.39 is 27.6 Å². The van der Waals surface area contributed by atoms with Crippen molar-refractivity contribution in [1.29, 1.82) is 0 Å². The van der Waals surface area contributed by atoms with Crippen molar-refractivity contribution in [3.63, 3.8) is 0 Å². The average Bonchev–Trinajstić information content (AvgIpc) is 2.85. The molecule has 1 aliphatic rings. The van der Waals surface area contributed by atoms with E-state index in [4.69, 9.17) is 10.5 Å². The fourth-order valence-electron chi connectivity index (χ4n) is 2.54. The number of hydrogen-bond acceptors (Lipinski definition) is 6.